The summed E-state index contributed by atoms with van der Waals surface area (Å²) in [7, 11) is 0. The number of rotatable bonds is 1. The molecule has 0 spiro atoms. The summed E-state index contributed by atoms with van der Waals surface area (Å²) in [5.74, 6) is 0.349. The molecule has 2 aromatic rings. The molecular weight excluding hydrogens is 268 g/mol. The SMILES string of the molecule is OC1(C2CCCCC2)c2ccccc2CCc2ccccc21. The number of fused-ring (bicyclic) bond motifs is 2. The van der Waals surface area contributed by atoms with Crippen LogP contribution in [0, 0.1) is 5.92 Å². The number of hydrogen-bond acceptors (Lipinski definition) is 1. The van der Waals surface area contributed by atoms with Gasteiger partial charge in [-0.1, -0.05) is 67.8 Å². The fourth-order valence-corrected chi connectivity index (χ4v) is 4.59. The zero-order valence-electron chi connectivity index (χ0n) is 13.1. The summed E-state index contributed by atoms with van der Waals surface area (Å²) in [6, 6.07) is 17.1. The average Bonchev–Trinajstić information content (AvgIpc) is 2.73. The first-order valence-electron chi connectivity index (χ1n) is 8.69. The van der Waals surface area contributed by atoms with E-state index < -0.39 is 5.60 Å². The highest BCUT2D eigenvalue weighted by Gasteiger charge is 2.43. The first-order valence-corrected chi connectivity index (χ1v) is 8.69. The minimum atomic E-state index is -0.801. The van der Waals surface area contributed by atoms with Crippen molar-refractivity contribution in [2.75, 3.05) is 0 Å². The summed E-state index contributed by atoms with van der Waals surface area (Å²) >= 11 is 0. The fraction of sp³-hybridized carbons (Fsp3) is 0.429. The Morgan fingerprint density at radius 1 is 0.727 bits per heavy atom. The molecule has 2 aromatic carbocycles. The molecule has 0 aromatic heterocycles. The number of benzene rings is 2. The van der Waals surface area contributed by atoms with Gasteiger partial charge in [0.1, 0.15) is 5.60 Å². The molecule has 4 rings (SSSR count). The monoisotopic (exact) mass is 292 g/mol. The van der Waals surface area contributed by atoms with Gasteiger partial charge >= 0.3 is 0 Å². The predicted molar refractivity (Wildman–Crippen MR) is 89.9 cm³/mol. The van der Waals surface area contributed by atoms with E-state index in [1.807, 2.05) is 0 Å². The Bertz CT molecular complexity index is 620. The van der Waals surface area contributed by atoms with Crippen LogP contribution in [-0.4, -0.2) is 5.11 Å². The van der Waals surface area contributed by atoms with Crippen molar-refractivity contribution < 1.29 is 5.11 Å². The van der Waals surface area contributed by atoms with Crippen LogP contribution >= 0.6 is 0 Å². The molecule has 2 aliphatic carbocycles. The van der Waals surface area contributed by atoms with E-state index in [1.165, 1.54) is 30.4 Å². The second-order valence-corrected chi connectivity index (χ2v) is 6.92. The molecule has 2 aliphatic rings. The second-order valence-electron chi connectivity index (χ2n) is 6.92. The van der Waals surface area contributed by atoms with Crippen molar-refractivity contribution in [2.45, 2.75) is 50.5 Å². The summed E-state index contributed by atoms with van der Waals surface area (Å²) in [6.45, 7) is 0. The number of aliphatic hydroxyl groups is 1. The average molecular weight is 292 g/mol. The van der Waals surface area contributed by atoms with E-state index in [2.05, 4.69) is 48.5 Å². The topological polar surface area (TPSA) is 20.2 Å². The molecule has 1 nitrogen and oxygen atoms in total. The standard InChI is InChI=1S/C21H24O/c22-21(18-10-2-1-3-11-18)19-12-6-4-8-16(19)14-15-17-9-5-7-13-20(17)21/h4-9,12-13,18,22H,1-3,10-11,14-15H2. The molecule has 0 saturated heterocycles. The van der Waals surface area contributed by atoms with Crippen molar-refractivity contribution in [3.05, 3.63) is 70.8 Å². The minimum Gasteiger partial charge on any atom is -0.380 e. The Balaban J connectivity index is 1.94. The highest BCUT2D eigenvalue weighted by atomic mass is 16.3. The molecule has 114 valence electrons. The number of aryl methyl sites for hydroxylation is 2. The molecule has 0 bridgehead atoms. The Kier molecular flexibility index (Phi) is 3.54. The van der Waals surface area contributed by atoms with Gasteiger partial charge in [0.2, 0.25) is 0 Å². The fourth-order valence-electron chi connectivity index (χ4n) is 4.59. The van der Waals surface area contributed by atoms with Gasteiger partial charge in [-0.25, -0.2) is 0 Å². The molecule has 1 N–H and O–H groups in total. The van der Waals surface area contributed by atoms with E-state index in [0.29, 0.717) is 5.92 Å². The summed E-state index contributed by atoms with van der Waals surface area (Å²) in [4.78, 5) is 0. The van der Waals surface area contributed by atoms with Crippen LogP contribution in [0.5, 0.6) is 0 Å². The second kappa shape index (κ2) is 5.55. The Labute approximate surface area is 133 Å². The lowest BCUT2D eigenvalue weighted by Crippen LogP contribution is -2.38. The summed E-state index contributed by atoms with van der Waals surface area (Å²) in [5.41, 5.74) is 4.17. The molecule has 0 aliphatic heterocycles. The number of hydrogen-bond donors (Lipinski definition) is 1. The summed E-state index contributed by atoms with van der Waals surface area (Å²) in [6.07, 6.45) is 8.15. The predicted octanol–water partition coefficient (Wildman–Crippen LogP) is 4.60. The van der Waals surface area contributed by atoms with Crippen LogP contribution in [-0.2, 0) is 18.4 Å². The lowest BCUT2D eigenvalue weighted by molar-refractivity contribution is -0.00121. The van der Waals surface area contributed by atoms with Crippen LogP contribution in [0.3, 0.4) is 0 Å². The normalized spacial score (nSPS) is 20.8. The molecule has 1 fully saturated rings. The molecular formula is C21H24O. The third-order valence-corrected chi connectivity index (χ3v) is 5.72. The van der Waals surface area contributed by atoms with Gasteiger partial charge in [-0.3, -0.25) is 0 Å². The van der Waals surface area contributed by atoms with Crippen LogP contribution in [0.1, 0.15) is 54.4 Å². The van der Waals surface area contributed by atoms with Gasteiger partial charge in [-0.15, -0.1) is 0 Å². The maximum Gasteiger partial charge on any atom is 0.118 e. The van der Waals surface area contributed by atoms with E-state index in [4.69, 9.17) is 0 Å². The van der Waals surface area contributed by atoms with Crippen molar-refractivity contribution in [1.29, 1.82) is 0 Å². The first-order chi connectivity index (χ1) is 10.8. The molecule has 1 saturated carbocycles. The van der Waals surface area contributed by atoms with Crippen molar-refractivity contribution in [2.24, 2.45) is 5.92 Å². The summed E-state index contributed by atoms with van der Waals surface area (Å²) in [5, 5.41) is 12.0. The Morgan fingerprint density at radius 2 is 1.23 bits per heavy atom. The van der Waals surface area contributed by atoms with Crippen LogP contribution < -0.4 is 0 Å². The van der Waals surface area contributed by atoms with Crippen molar-refractivity contribution in [3.8, 4) is 0 Å². The van der Waals surface area contributed by atoms with Crippen LogP contribution in [0.4, 0.5) is 0 Å². The van der Waals surface area contributed by atoms with Gasteiger partial charge in [0.05, 0.1) is 0 Å². The van der Waals surface area contributed by atoms with Crippen LogP contribution in [0.15, 0.2) is 48.5 Å². The van der Waals surface area contributed by atoms with E-state index in [0.717, 1.165) is 36.8 Å². The highest BCUT2D eigenvalue weighted by molar-refractivity contribution is 5.48. The van der Waals surface area contributed by atoms with Gasteiger partial charge in [0, 0.05) is 0 Å². The van der Waals surface area contributed by atoms with Crippen LogP contribution in [0.25, 0.3) is 0 Å². The van der Waals surface area contributed by atoms with E-state index >= 15 is 0 Å². The maximum absolute atomic E-state index is 12.0. The van der Waals surface area contributed by atoms with Gasteiger partial charge in [0.25, 0.3) is 0 Å². The molecule has 0 amide bonds. The van der Waals surface area contributed by atoms with Gasteiger partial charge in [-0.05, 0) is 53.9 Å². The van der Waals surface area contributed by atoms with Crippen molar-refractivity contribution in [1.82, 2.24) is 0 Å². The maximum atomic E-state index is 12.0. The van der Waals surface area contributed by atoms with Gasteiger partial charge in [0.15, 0.2) is 0 Å². The molecule has 0 radical (unpaired) electrons. The van der Waals surface area contributed by atoms with Crippen molar-refractivity contribution in [3.63, 3.8) is 0 Å². The lowest BCUT2D eigenvalue weighted by atomic mass is 9.69. The van der Waals surface area contributed by atoms with Crippen LogP contribution in [0.2, 0.25) is 0 Å². The van der Waals surface area contributed by atoms with Gasteiger partial charge in [-0.2, -0.15) is 0 Å². The Hall–Kier alpha value is -1.60. The van der Waals surface area contributed by atoms with Gasteiger partial charge < -0.3 is 5.11 Å². The Morgan fingerprint density at radius 3 is 1.77 bits per heavy atom. The first kappa shape index (κ1) is 14.0. The quantitative estimate of drug-likeness (QED) is 0.814. The summed E-state index contributed by atoms with van der Waals surface area (Å²) < 4.78 is 0. The molecule has 0 unspecified atom stereocenters. The minimum absolute atomic E-state index is 0.349. The molecule has 0 heterocycles. The van der Waals surface area contributed by atoms with Crippen molar-refractivity contribution >= 4 is 0 Å². The molecule has 1 heteroatoms. The third-order valence-electron chi connectivity index (χ3n) is 5.72. The lowest BCUT2D eigenvalue weighted by Gasteiger charge is -2.40. The highest BCUT2D eigenvalue weighted by Crippen LogP contribution is 2.47. The zero-order valence-corrected chi connectivity index (χ0v) is 13.1. The third kappa shape index (κ3) is 2.11. The van der Waals surface area contributed by atoms with E-state index in [-0.39, 0.29) is 0 Å². The largest absolute Gasteiger partial charge is 0.380 e. The van der Waals surface area contributed by atoms with E-state index in [1.54, 1.807) is 0 Å². The van der Waals surface area contributed by atoms with E-state index in [9.17, 15) is 5.11 Å². The molecule has 0 atom stereocenters. The smallest absolute Gasteiger partial charge is 0.118 e. The molecule has 22 heavy (non-hydrogen) atoms. The zero-order chi connectivity index (χ0) is 15.0.